The van der Waals surface area contributed by atoms with Crippen molar-refractivity contribution in [3.63, 3.8) is 0 Å². The number of nitrogens with zero attached hydrogens (tertiary/aromatic N) is 1. The Hall–Kier alpha value is -1.28. The van der Waals surface area contributed by atoms with Crippen LogP contribution in [-0.4, -0.2) is 39.5 Å². The molecule has 0 atom stereocenters. The molecule has 1 aliphatic heterocycles. The molecule has 1 heterocycles. The van der Waals surface area contributed by atoms with Gasteiger partial charge in [-0.3, -0.25) is 0 Å². The average Bonchev–Trinajstić information content (AvgIpc) is 2.52. The summed E-state index contributed by atoms with van der Waals surface area (Å²) in [7, 11) is 2.42. The van der Waals surface area contributed by atoms with Crippen molar-refractivity contribution in [1.82, 2.24) is 0 Å². The monoisotopic (exact) mass is 423 g/mol. The molecule has 0 aliphatic carbocycles. The predicted octanol–water partition coefficient (Wildman–Crippen LogP) is 3.15. The Bertz CT molecular complexity index is 669. The summed E-state index contributed by atoms with van der Waals surface area (Å²) in [6.45, 7) is -0.106. The van der Waals surface area contributed by atoms with Crippen LogP contribution < -0.4 is 4.90 Å². The van der Waals surface area contributed by atoms with Gasteiger partial charge in [0.05, 0.1) is 42.1 Å². The van der Waals surface area contributed by atoms with Crippen molar-refractivity contribution in [1.29, 1.82) is 0 Å². The topological polar surface area (TPSA) is 65.1 Å². The van der Waals surface area contributed by atoms with Gasteiger partial charge in [-0.25, -0.2) is 9.59 Å². The van der Waals surface area contributed by atoms with Crippen molar-refractivity contribution in [2.75, 3.05) is 32.5 Å². The Kier molecular flexibility index (Phi) is 5.91. The minimum absolute atomic E-state index is 0.0169. The quantitative estimate of drug-likeness (QED) is 0.694. The zero-order valence-corrected chi connectivity index (χ0v) is 15.3. The fraction of sp³-hybridized carbons (Fsp3) is 0.286. The molecule has 0 aromatic heterocycles. The predicted molar refractivity (Wildman–Crippen MR) is 88.5 cm³/mol. The van der Waals surface area contributed by atoms with Crippen molar-refractivity contribution < 1.29 is 23.8 Å². The molecule has 0 saturated carbocycles. The lowest BCUT2D eigenvalue weighted by atomic mass is 10.1. The molecule has 124 valence electrons. The Morgan fingerprint density at radius 1 is 1.17 bits per heavy atom. The van der Waals surface area contributed by atoms with Crippen molar-refractivity contribution >= 4 is 56.8 Å². The summed E-state index contributed by atoms with van der Waals surface area (Å²) < 4.78 is 15.5. The van der Waals surface area contributed by atoms with Gasteiger partial charge in [0, 0.05) is 4.47 Å². The normalized spacial score (nSPS) is 14.7. The highest BCUT2D eigenvalue weighted by molar-refractivity contribution is 9.10. The summed E-state index contributed by atoms with van der Waals surface area (Å²) in [6, 6.07) is 3.23. The van der Waals surface area contributed by atoms with Crippen LogP contribution in [0.5, 0.6) is 0 Å². The number of ether oxygens (including phenoxy) is 3. The van der Waals surface area contributed by atoms with Gasteiger partial charge in [0.15, 0.2) is 0 Å². The fourth-order valence-corrected chi connectivity index (χ4v) is 3.53. The van der Waals surface area contributed by atoms with E-state index in [9.17, 15) is 9.59 Å². The molecule has 0 spiro atoms. The summed E-state index contributed by atoms with van der Waals surface area (Å²) in [4.78, 5) is 25.5. The molecule has 23 heavy (non-hydrogen) atoms. The van der Waals surface area contributed by atoms with Gasteiger partial charge in [-0.15, -0.1) is 0 Å². The molecule has 0 saturated heterocycles. The second kappa shape index (κ2) is 7.53. The molecular formula is C14H12BrCl2NO5. The van der Waals surface area contributed by atoms with Crippen molar-refractivity contribution in [2.24, 2.45) is 0 Å². The van der Waals surface area contributed by atoms with E-state index in [2.05, 4.69) is 15.9 Å². The number of hydrogen-bond donors (Lipinski definition) is 0. The summed E-state index contributed by atoms with van der Waals surface area (Å²) >= 11 is 15.8. The molecule has 0 amide bonds. The third-order valence-electron chi connectivity index (χ3n) is 3.08. The minimum Gasteiger partial charge on any atom is -0.466 e. The van der Waals surface area contributed by atoms with Crippen molar-refractivity contribution in [3.05, 3.63) is 37.9 Å². The number of methoxy groups -OCH3 is 2. The first-order chi connectivity index (χ1) is 10.9. The second-order valence-electron chi connectivity index (χ2n) is 4.43. The van der Waals surface area contributed by atoms with Gasteiger partial charge in [-0.05, 0) is 12.1 Å². The number of carbonyl (C=O) groups is 2. The van der Waals surface area contributed by atoms with Crippen LogP contribution in [0.15, 0.2) is 27.9 Å². The van der Waals surface area contributed by atoms with Crippen molar-refractivity contribution in [2.45, 2.75) is 0 Å². The smallest absolute Gasteiger partial charge is 0.355 e. The van der Waals surface area contributed by atoms with E-state index in [1.807, 2.05) is 0 Å². The number of anilines is 1. The van der Waals surface area contributed by atoms with Gasteiger partial charge in [0.2, 0.25) is 0 Å². The molecule has 1 aromatic carbocycles. The van der Waals surface area contributed by atoms with Gasteiger partial charge in [-0.1, -0.05) is 39.1 Å². The van der Waals surface area contributed by atoms with Crippen LogP contribution in [0.1, 0.15) is 0 Å². The van der Waals surface area contributed by atoms with Crippen LogP contribution in [0.3, 0.4) is 0 Å². The Balaban J connectivity index is 2.65. The Morgan fingerprint density at radius 2 is 1.74 bits per heavy atom. The lowest BCUT2D eigenvalue weighted by Gasteiger charge is -2.32. The molecule has 0 fully saturated rings. The van der Waals surface area contributed by atoms with E-state index in [1.54, 1.807) is 12.1 Å². The highest BCUT2D eigenvalue weighted by atomic mass is 79.9. The third kappa shape index (κ3) is 3.63. The van der Waals surface area contributed by atoms with Crippen LogP contribution >= 0.6 is 39.1 Å². The van der Waals surface area contributed by atoms with Crippen LogP contribution in [0.2, 0.25) is 10.0 Å². The number of hydrogen-bond acceptors (Lipinski definition) is 6. The molecule has 0 N–H and O–H groups in total. The van der Waals surface area contributed by atoms with E-state index >= 15 is 0 Å². The molecule has 2 rings (SSSR count). The maximum absolute atomic E-state index is 12.2. The number of rotatable bonds is 3. The van der Waals surface area contributed by atoms with Gasteiger partial charge >= 0.3 is 11.9 Å². The van der Waals surface area contributed by atoms with E-state index in [0.717, 1.165) is 0 Å². The maximum Gasteiger partial charge on any atom is 0.355 e. The maximum atomic E-state index is 12.2. The standard InChI is InChI=1S/C14H12BrCl2NO5/c1-21-13(19)8-5-23-6-18(11(8)14(20)22-2)12-9(16)3-7(15)4-10(12)17/h3-4H,5-6H2,1-2H3. The zero-order chi connectivity index (χ0) is 17.1. The van der Waals surface area contributed by atoms with Gasteiger partial charge in [0.25, 0.3) is 0 Å². The molecule has 6 nitrogen and oxygen atoms in total. The van der Waals surface area contributed by atoms with E-state index in [-0.39, 0.29) is 34.7 Å². The van der Waals surface area contributed by atoms with E-state index < -0.39 is 11.9 Å². The third-order valence-corrected chi connectivity index (χ3v) is 4.12. The SMILES string of the molecule is COC(=O)C1=C(C(=O)OC)N(c2c(Cl)cc(Br)cc2Cl)COC1. The molecule has 0 bridgehead atoms. The largest absolute Gasteiger partial charge is 0.466 e. The van der Waals surface area contributed by atoms with Gasteiger partial charge in [-0.2, -0.15) is 0 Å². The first kappa shape index (κ1) is 18.1. The lowest BCUT2D eigenvalue weighted by Crippen LogP contribution is -2.39. The van der Waals surface area contributed by atoms with E-state index in [1.165, 1.54) is 19.1 Å². The summed E-state index contributed by atoms with van der Waals surface area (Å²) in [5.74, 6) is -1.41. The molecule has 0 radical (unpaired) electrons. The zero-order valence-electron chi connectivity index (χ0n) is 12.2. The van der Waals surface area contributed by atoms with Gasteiger partial charge < -0.3 is 19.1 Å². The minimum atomic E-state index is -0.719. The number of halogens is 3. The van der Waals surface area contributed by atoms with Crippen LogP contribution in [0, 0.1) is 0 Å². The van der Waals surface area contributed by atoms with Crippen LogP contribution in [0.25, 0.3) is 0 Å². The van der Waals surface area contributed by atoms with Crippen LogP contribution in [0.4, 0.5) is 5.69 Å². The summed E-state index contributed by atoms with van der Waals surface area (Å²) in [5.41, 5.74) is 0.343. The van der Waals surface area contributed by atoms with Crippen molar-refractivity contribution in [3.8, 4) is 0 Å². The number of carbonyl (C=O) groups excluding carboxylic acids is 2. The molecule has 9 heteroatoms. The van der Waals surface area contributed by atoms with E-state index in [4.69, 9.17) is 37.4 Å². The molecular weight excluding hydrogens is 413 g/mol. The van der Waals surface area contributed by atoms with E-state index in [0.29, 0.717) is 10.2 Å². The highest BCUT2D eigenvalue weighted by Gasteiger charge is 2.34. The Labute approximate surface area is 151 Å². The van der Waals surface area contributed by atoms with Gasteiger partial charge in [0.1, 0.15) is 12.4 Å². The second-order valence-corrected chi connectivity index (χ2v) is 6.16. The first-order valence-electron chi connectivity index (χ1n) is 6.30. The highest BCUT2D eigenvalue weighted by Crippen LogP contribution is 2.40. The average molecular weight is 425 g/mol. The Morgan fingerprint density at radius 3 is 2.26 bits per heavy atom. The molecule has 0 unspecified atom stereocenters. The fourth-order valence-electron chi connectivity index (χ4n) is 2.11. The summed E-state index contributed by atoms with van der Waals surface area (Å²) in [5, 5.41) is 0.556. The van der Waals surface area contributed by atoms with Crippen LogP contribution in [-0.2, 0) is 23.8 Å². The summed E-state index contributed by atoms with van der Waals surface area (Å²) in [6.07, 6.45) is 0. The lowest BCUT2D eigenvalue weighted by molar-refractivity contribution is -0.140. The first-order valence-corrected chi connectivity index (χ1v) is 7.85. The number of esters is 2. The number of benzene rings is 1. The molecule has 1 aromatic rings. The molecule has 1 aliphatic rings.